The summed E-state index contributed by atoms with van der Waals surface area (Å²) < 4.78 is 38.2. The summed E-state index contributed by atoms with van der Waals surface area (Å²) in [5.74, 6) is 11.4. The number of benzene rings is 2. The van der Waals surface area contributed by atoms with Crippen molar-refractivity contribution in [2.45, 2.75) is 38.9 Å². The molecular weight excluding hydrogens is 745 g/mol. The zero-order valence-electron chi connectivity index (χ0n) is 28.8. The number of hydrogen-bond donors (Lipinski definition) is 6. The Morgan fingerprint density at radius 3 is 1.43 bits per heavy atom. The Kier molecular flexibility index (Phi) is 11.6. The number of nitrogens with two attached hydrogens (primary N) is 2. The third-order valence-corrected chi connectivity index (χ3v) is 7.67. The minimum absolute atomic E-state index is 0.00259. The van der Waals surface area contributed by atoms with E-state index in [4.69, 9.17) is 43.7 Å². The highest BCUT2D eigenvalue weighted by atomic mass is 35.5. The molecule has 0 aliphatic rings. The zero-order valence-corrected chi connectivity index (χ0v) is 30.3. The van der Waals surface area contributed by atoms with Gasteiger partial charge in [0.2, 0.25) is 11.9 Å². The van der Waals surface area contributed by atoms with Gasteiger partial charge in [-0.3, -0.25) is 0 Å². The predicted octanol–water partition coefficient (Wildman–Crippen LogP) is 6.30. The Bertz CT molecular complexity index is 2280. The van der Waals surface area contributed by atoms with Crippen LogP contribution in [0.4, 0.5) is 43.7 Å². The molecule has 4 aromatic heterocycles. The SMILES string of the molecule is Cc1cc([C@@](C)(O)C#Cc2ccc(F)c(Nc3nc(N)ncc3Cl)c2)no1.Cc1cc([C@](C)(O)C#Cc2ccc(F)c(Nc3nc(N)ncc3Cl)c2)no1. The monoisotopic (exact) mass is 774 g/mol. The number of hydrogen-bond acceptors (Lipinski definition) is 14. The second-order valence-electron chi connectivity index (χ2n) is 11.8. The fourth-order valence-corrected chi connectivity index (χ4v) is 4.57. The topological polar surface area (TPSA) is 220 Å². The first-order valence-corrected chi connectivity index (χ1v) is 16.3. The van der Waals surface area contributed by atoms with E-state index in [0.717, 1.165) is 0 Å². The van der Waals surface area contributed by atoms with Crippen LogP contribution >= 0.6 is 23.2 Å². The molecule has 0 spiro atoms. The lowest BCUT2D eigenvalue weighted by atomic mass is 10.0. The van der Waals surface area contributed by atoms with E-state index in [9.17, 15) is 19.0 Å². The largest absolute Gasteiger partial charge is 0.372 e. The first kappa shape index (κ1) is 38.9. The second-order valence-corrected chi connectivity index (χ2v) is 12.6. The molecule has 14 nitrogen and oxygen atoms in total. The van der Waals surface area contributed by atoms with Gasteiger partial charge in [0.05, 0.1) is 23.8 Å². The molecule has 0 saturated heterocycles. The van der Waals surface area contributed by atoms with Crippen LogP contribution in [0.1, 0.15) is 47.9 Å². The van der Waals surface area contributed by atoms with Crippen LogP contribution in [0.25, 0.3) is 0 Å². The summed E-state index contributed by atoms with van der Waals surface area (Å²) in [5.41, 5.74) is 9.68. The number of nitrogens with zero attached hydrogens (tertiary/aromatic N) is 6. The summed E-state index contributed by atoms with van der Waals surface area (Å²) >= 11 is 12.0. The predicted molar refractivity (Wildman–Crippen MR) is 198 cm³/mol. The molecule has 4 heterocycles. The molecule has 18 heteroatoms. The average molecular weight is 776 g/mol. The molecule has 2 atom stereocenters. The zero-order chi connectivity index (χ0) is 39.2. The molecule has 6 aromatic rings. The molecule has 0 unspecified atom stereocenters. The van der Waals surface area contributed by atoms with Crippen molar-refractivity contribution in [2.75, 3.05) is 22.1 Å². The Morgan fingerprint density at radius 1 is 0.685 bits per heavy atom. The van der Waals surface area contributed by atoms with Crippen molar-refractivity contribution in [3.63, 3.8) is 0 Å². The van der Waals surface area contributed by atoms with Crippen LogP contribution in [0, 0.1) is 49.2 Å². The van der Waals surface area contributed by atoms with E-state index in [2.05, 4.69) is 64.6 Å². The fourth-order valence-electron chi connectivity index (χ4n) is 4.30. The lowest BCUT2D eigenvalue weighted by Crippen LogP contribution is -2.18. The molecule has 276 valence electrons. The summed E-state index contributed by atoms with van der Waals surface area (Å²) in [5, 5.41) is 34.3. The Balaban J connectivity index is 0.000000208. The maximum Gasteiger partial charge on any atom is 0.222 e. The van der Waals surface area contributed by atoms with Crippen LogP contribution in [0.5, 0.6) is 0 Å². The molecule has 54 heavy (non-hydrogen) atoms. The van der Waals surface area contributed by atoms with Gasteiger partial charge >= 0.3 is 0 Å². The van der Waals surface area contributed by atoms with E-state index in [1.807, 2.05) is 0 Å². The lowest BCUT2D eigenvalue weighted by molar-refractivity contribution is 0.112. The van der Waals surface area contributed by atoms with E-state index >= 15 is 0 Å². The number of anilines is 6. The fraction of sp³-hybridized carbons (Fsp3) is 0.167. The molecule has 0 aliphatic heterocycles. The van der Waals surface area contributed by atoms with Crippen molar-refractivity contribution in [3.05, 3.63) is 117 Å². The molecule has 0 aliphatic carbocycles. The minimum atomic E-state index is -1.52. The first-order valence-electron chi connectivity index (χ1n) is 15.6. The summed E-state index contributed by atoms with van der Waals surface area (Å²) in [4.78, 5) is 15.3. The van der Waals surface area contributed by atoms with Crippen LogP contribution in [-0.4, -0.2) is 40.5 Å². The molecule has 0 bridgehead atoms. The van der Waals surface area contributed by atoms with Crippen LogP contribution in [0.15, 0.2) is 70.0 Å². The van der Waals surface area contributed by atoms with Gasteiger partial charge in [-0.05, 0) is 64.1 Å². The maximum absolute atomic E-state index is 14.1. The van der Waals surface area contributed by atoms with Gasteiger partial charge in [-0.25, -0.2) is 18.7 Å². The first-order chi connectivity index (χ1) is 25.5. The number of aliphatic hydroxyl groups is 2. The van der Waals surface area contributed by atoms with Crippen LogP contribution in [0.2, 0.25) is 10.0 Å². The molecule has 6 rings (SSSR count). The van der Waals surface area contributed by atoms with Gasteiger partial charge < -0.3 is 41.4 Å². The van der Waals surface area contributed by atoms with Crippen molar-refractivity contribution in [3.8, 4) is 23.7 Å². The van der Waals surface area contributed by atoms with E-state index in [-0.39, 0.29) is 56.3 Å². The van der Waals surface area contributed by atoms with Crippen molar-refractivity contribution in [2.24, 2.45) is 0 Å². The Morgan fingerprint density at radius 2 is 1.07 bits per heavy atom. The molecule has 2 aromatic carbocycles. The highest BCUT2D eigenvalue weighted by Gasteiger charge is 2.25. The summed E-state index contributed by atoms with van der Waals surface area (Å²) in [6.07, 6.45) is 2.62. The highest BCUT2D eigenvalue weighted by molar-refractivity contribution is 6.33. The average Bonchev–Trinajstić information content (AvgIpc) is 3.78. The molecule has 0 fully saturated rings. The number of aromatic nitrogens is 6. The molecule has 0 radical (unpaired) electrons. The third kappa shape index (κ3) is 9.97. The number of halogens is 4. The molecule has 0 saturated carbocycles. The Labute approximate surface area is 316 Å². The summed E-state index contributed by atoms with van der Waals surface area (Å²) in [6.45, 7) is 6.40. The minimum Gasteiger partial charge on any atom is -0.372 e. The quantitative estimate of drug-likeness (QED) is 0.102. The molecular formula is C36H30Cl2F2N10O4. The van der Waals surface area contributed by atoms with Gasteiger partial charge in [0, 0.05) is 23.3 Å². The lowest BCUT2D eigenvalue weighted by Gasteiger charge is -2.12. The number of aryl methyl sites for hydroxylation is 2. The maximum atomic E-state index is 14.1. The van der Waals surface area contributed by atoms with Crippen LogP contribution in [-0.2, 0) is 11.2 Å². The van der Waals surface area contributed by atoms with Gasteiger partial charge in [0.1, 0.15) is 44.6 Å². The summed E-state index contributed by atoms with van der Waals surface area (Å²) in [7, 11) is 0. The van der Waals surface area contributed by atoms with E-state index in [1.165, 1.54) is 62.6 Å². The van der Waals surface area contributed by atoms with Gasteiger partial charge in [-0.15, -0.1) is 0 Å². The number of rotatable bonds is 6. The Hall–Kier alpha value is -6.30. The van der Waals surface area contributed by atoms with E-state index in [0.29, 0.717) is 22.6 Å². The normalized spacial score (nSPS) is 12.8. The van der Waals surface area contributed by atoms with Gasteiger partial charge in [0.25, 0.3) is 0 Å². The molecule has 8 N–H and O–H groups in total. The number of nitrogen functional groups attached to an aromatic ring is 2. The number of nitrogens with one attached hydrogen (secondary N) is 2. The molecule has 0 amide bonds. The van der Waals surface area contributed by atoms with Crippen molar-refractivity contribution < 1.29 is 28.0 Å². The van der Waals surface area contributed by atoms with Crippen LogP contribution in [0.3, 0.4) is 0 Å². The summed E-state index contributed by atoms with van der Waals surface area (Å²) in [6, 6.07) is 11.5. The highest BCUT2D eigenvalue weighted by Crippen LogP contribution is 2.28. The van der Waals surface area contributed by atoms with Gasteiger partial charge in [-0.2, -0.15) is 9.97 Å². The second kappa shape index (κ2) is 16.2. The van der Waals surface area contributed by atoms with Gasteiger partial charge in [0.15, 0.2) is 22.8 Å². The smallest absolute Gasteiger partial charge is 0.222 e. The van der Waals surface area contributed by atoms with E-state index < -0.39 is 22.8 Å². The van der Waals surface area contributed by atoms with Crippen molar-refractivity contribution >= 4 is 58.1 Å². The van der Waals surface area contributed by atoms with Crippen molar-refractivity contribution in [1.29, 1.82) is 0 Å². The standard InChI is InChI=1S/2C18H15ClFN5O2/c2*1-10-7-15(25-27-10)18(2,26)6-5-11-3-4-13(20)14(8-11)23-16-12(19)9-22-17(21)24-16/h2*3-4,7-9,26H,1-2H3,(H3,21,22,23,24)/t2*18-/m10/s1. The van der Waals surface area contributed by atoms with Gasteiger partial charge in [-0.1, -0.05) is 57.2 Å². The van der Waals surface area contributed by atoms with Crippen LogP contribution < -0.4 is 22.1 Å². The third-order valence-electron chi connectivity index (χ3n) is 7.12. The van der Waals surface area contributed by atoms with Crippen molar-refractivity contribution in [1.82, 2.24) is 30.2 Å². The van der Waals surface area contributed by atoms with E-state index in [1.54, 1.807) is 26.0 Å².